The van der Waals surface area contributed by atoms with E-state index in [9.17, 15) is 9.90 Å². The van der Waals surface area contributed by atoms with Crippen LogP contribution >= 0.6 is 0 Å². The van der Waals surface area contributed by atoms with Gasteiger partial charge in [0.2, 0.25) is 0 Å². The summed E-state index contributed by atoms with van der Waals surface area (Å²) in [5.74, 6) is -0.341. The van der Waals surface area contributed by atoms with Gasteiger partial charge < -0.3 is 15.6 Å². The van der Waals surface area contributed by atoms with Crippen LogP contribution in [0.1, 0.15) is 77.6 Å². The lowest BCUT2D eigenvalue weighted by Crippen LogP contribution is -2.26. The minimum Gasteiger partial charge on any atom is -0.479 e. The van der Waals surface area contributed by atoms with Gasteiger partial charge in [-0.05, 0) is 37.1 Å². The van der Waals surface area contributed by atoms with Crippen molar-refractivity contribution in [3.05, 3.63) is 24.3 Å². The normalized spacial score (nSPS) is 12.0. The van der Waals surface area contributed by atoms with Crippen LogP contribution < -0.4 is 10.5 Å². The topological polar surface area (TPSA) is 72.5 Å². The lowest BCUT2D eigenvalue weighted by atomic mass is 10.0. The molecule has 0 saturated carbocycles. The Balaban J connectivity index is 2.11. The van der Waals surface area contributed by atoms with Gasteiger partial charge in [-0.2, -0.15) is 0 Å². The highest BCUT2D eigenvalue weighted by atomic mass is 16.5. The van der Waals surface area contributed by atoms with Crippen molar-refractivity contribution in [1.29, 1.82) is 0 Å². The van der Waals surface area contributed by atoms with Crippen LogP contribution in [0, 0.1) is 0 Å². The van der Waals surface area contributed by atoms with Crippen molar-refractivity contribution in [3.63, 3.8) is 0 Å². The van der Waals surface area contributed by atoms with Gasteiger partial charge in [0.1, 0.15) is 5.75 Å². The molecule has 1 aromatic carbocycles. The van der Waals surface area contributed by atoms with E-state index in [4.69, 9.17) is 10.5 Å². The Morgan fingerprint density at radius 3 is 1.96 bits per heavy atom. The highest BCUT2D eigenvalue weighted by Gasteiger charge is 2.18. The summed E-state index contributed by atoms with van der Waals surface area (Å²) < 4.78 is 5.56. The summed E-state index contributed by atoms with van der Waals surface area (Å²) in [6.45, 7) is 2.24. The van der Waals surface area contributed by atoms with Crippen molar-refractivity contribution in [2.45, 2.75) is 83.7 Å². The van der Waals surface area contributed by atoms with Gasteiger partial charge in [0.05, 0.1) is 0 Å². The molecule has 4 heteroatoms. The molecule has 0 radical (unpaired) electrons. The van der Waals surface area contributed by atoms with Crippen LogP contribution in [0.4, 0.5) is 5.69 Å². The van der Waals surface area contributed by atoms with Crippen LogP contribution in [0.2, 0.25) is 0 Å². The third kappa shape index (κ3) is 9.43. The Morgan fingerprint density at radius 1 is 0.958 bits per heavy atom. The SMILES string of the molecule is CCCCCCCCCCCCC(Oc1ccc(N)cc1)C(=O)O. The first-order valence-corrected chi connectivity index (χ1v) is 9.38. The van der Waals surface area contributed by atoms with Gasteiger partial charge in [-0.25, -0.2) is 4.79 Å². The van der Waals surface area contributed by atoms with E-state index in [1.807, 2.05) is 0 Å². The molecule has 4 nitrogen and oxygen atoms in total. The van der Waals surface area contributed by atoms with E-state index in [2.05, 4.69) is 6.92 Å². The molecule has 1 aromatic rings. The molecule has 1 unspecified atom stereocenters. The first-order chi connectivity index (χ1) is 11.6. The van der Waals surface area contributed by atoms with Crippen molar-refractivity contribution in [2.75, 3.05) is 5.73 Å². The largest absolute Gasteiger partial charge is 0.479 e. The summed E-state index contributed by atoms with van der Waals surface area (Å²) in [4.78, 5) is 11.3. The maximum Gasteiger partial charge on any atom is 0.344 e. The summed E-state index contributed by atoms with van der Waals surface area (Å²) in [6.07, 6.45) is 12.2. The van der Waals surface area contributed by atoms with Crippen molar-refractivity contribution < 1.29 is 14.6 Å². The van der Waals surface area contributed by atoms with Crippen LogP contribution in [0.25, 0.3) is 0 Å². The Kier molecular flexibility index (Phi) is 10.7. The molecule has 136 valence electrons. The summed E-state index contributed by atoms with van der Waals surface area (Å²) in [6, 6.07) is 6.86. The average molecular weight is 335 g/mol. The van der Waals surface area contributed by atoms with Gasteiger partial charge in [0.15, 0.2) is 6.10 Å². The predicted octanol–water partition coefficient (Wildman–Crippen LogP) is 5.41. The number of carbonyl (C=O) groups is 1. The van der Waals surface area contributed by atoms with E-state index in [0.29, 0.717) is 17.9 Å². The number of rotatable bonds is 14. The number of nitrogens with two attached hydrogens (primary N) is 1. The quantitative estimate of drug-likeness (QED) is 0.352. The predicted molar refractivity (Wildman–Crippen MR) is 99.4 cm³/mol. The Morgan fingerprint density at radius 2 is 1.46 bits per heavy atom. The van der Waals surface area contributed by atoms with Crippen molar-refractivity contribution in [2.24, 2.45) is 0 Å². The third-order valence-electron chi connectivity index (χ3n) is 4.25. The summed E-state index contributed by atoms with van der Waals surface area (Å²) >= 11 is 0. The molecular weight excluding hydrogens is 302 g/mol. The van der Waals surface area contributed by atoms with E-state index in [1.165, 1.54) is 51.4 Å². The monoisotopic (exact) mass is 335 g/mol. The van der Waals surface area contributed by atoms with Gasteiger partial charge in [0, 0.05) is 5.69 Å². The number of benzene rings is 1. The summed E-state index contributed by atoms with van der Waals surface area (Å²) in [7, 11) is 0. The number of carboxylic acid groups (broad SMARTS) is 1. The van der Waals surface area contributed by atoms with E-state index in [-0.39, 0.29) is 0 Å². The second-order valence-corrected chi connectivity index (χ2v) is 6.48. The number of ether oxygens (including phenoxy) is 1. The fourth-order valence-corrected chi connectivity index (χ4v) is 2.76. The lowest BCUT2D eigenvalue weighted by Gasteiger charge is -2.15. The van der Waals surface area contributed by atoms with Crippen LogP contribution in [0.5, 0.6) is 5.75 Å². The molecule has 0 amide bonds. The third-order valence-corrected chi connectivity index (χ3v) is 4.25. The number of anilines is 1. The van der Waals surface area contributed by atoms with Gasteiger partial charge in [-0.15, -0.1) is 0 Å². The Labute approximate surface area is 146 Å². The number of unbranched alkanes of at least 4 members (excludes halogenated alkanes) is 9. The zero-order chi connectivity index (χ0) is 17.6. The van der Waals surface area contributed by atoms with Gasteiger partial charge in [-0.1, -0.05) is 64.7 Å². The molecule has 0 aliphatic rings. The highest BCUT2D eigenvalue weighted by molar-refractivity contribution is 5.72. The number of nitrogen functional groups attached to an aromatic ring is 1. The summed E-state index contributed by atoms with van der Waals surface area (Å²) in [5, 5.41) is 9.28. The fourth-order valence-electron chi connectivity index (χ4n) is 2.76. The molecule has 3 N–H and O–H groups in total. The fraction of sp³-hybridized carbons (Fsp3) is 0.650. The first kappa shape index (κ1) is 20.3. The number of carboxylic acids is 1. The number of hydrogen-bond acceptors (Lipinski definition) is 3. The molecule has 0 heterocycles. The first-order valence-electron chi connectivity index (χ1n) is 9.38. The maximum absolute atomic E-state index is 11.3. The zero-order valence-corrected chi connectivity index (χ0v) is 15.0. The molecule has 0 aliphatic heterocycles. The van der Waals surface area contributed by atoms with E-state index in [0.717, 1.165) is 12.8 Å². The molecular formula is C20H33NO3. The van der Waals surface area contributed by atoms with Crippen LogP contribution in [-0.4, -0.2) is 17.2 Å². The molecule has 1 rings (SSSR count). The van der Waals surface area contributed by atoms with Crippen molar-refractivity contribution >= 4 is 11.7 Å². The van der Waals surface area contributed by atoms with Gasteiger partial charge in [0.25, 0.3) is 0 Å². The van der Waals surface area contributed by atoms with Gasteiger partial charge >= 0.3 is 5.97 Å². The smallest absolute Gasteiger partial charge is 0.344 e. The maximum atomic E-state index is 11.3. The van der Waals surface area contributed by atoms with Crippen LogP contribution in [-0.2, 0) is 4.79 Å². The lowest BCUT2D eigenvalue weighted by molar-refractivity contribution is -0.145. The zero-order valence-electron chi connectivity index (χ0n) is 15.0. The average Bonchev–Trinajstić information content (AvgIpc) is 2.57. The standard InChI is InChI=1S/C20H33NO3/c1-2-3-4-5-6-7-8-9-10-11-12-19(20(22)23)24-18-15-13-17(21)14-16-18/h13-16,19H,2-12,21H2,1H3,(H,22,23). The van der Waals surface area contributed by atoms with E-state index < -0.39 is 12.1 Å². The minimum atomic E-state index is -0.900. The molecule has 1 atom stereocenters. The minimum absolute atomic E-state index is 0.552. The molecule has 0 saturated heterocycles. The van der Waals surface area contributed by atoms with E-state index >= 15 is 0 Å². The number of hydrogen-bond donors (Lipinski definition) is 2. The van der Waals surface area contributed by atoms with Gasteiger partial charge in [-0.3, -0.25) is 0 Å². The molecule has 0 bridgehead atoms. The number of aliphatic carboxylic acids is 1. The molecule has 0 fully saturated rings. The Hall–Kier alpha value is -1.71. The van der Waals surface area contributed by atoms with Crippen molar-refractivity contribution in [3.8, 4) is 5.75 Å². The van der Waals surface area contributed by atoms with Crippen LogP contribution in [0.15, 0.2) is 24.3 Å². The highest BCUT2D eigenvalue weighted by Crippen LogP contribution is 2.18. The Bertz CT molecular complexity index is 445. The van der Waals surface area contributed by atoms with Crippen molar-refractivity contribution in [1.82, 2.24) is 0 Å². The van der Waals surface area contributed by atoms with Crippen LogP contribution in [0.3, 0.4) is 0 Å². The molecule has 0 aromatic heterocycles. The molecule has 24 heavy (non-hydrogen) atoms. The second-order valence-electron chi connectivity index (χ2n) is 6.48. The second kappa shape index (κ2) is 12.7. The van der Waals surface area contributed by atoms with E-state index in [1.54, 1.807) is 24.3 Å². The summed E-state index contributed by atoms with van der Waals surface area (Å²) in [5.41, 5.74) is 6.26. The molecule has 0 spiro atoms. The molecule has 0 aliphatic carbocycles.